The highest BCUT2D eigenvalue weighted by molar-refractivity contribution is 5.71. The zero-order valence-electron chi connectivity index (χ0n) is 11.6. The molecule has 0 saturated carbocycles. The number of hydrogen-bond acceptors (Lipinski definition) is 5. The van der Waals surface area contributed by atoms with Crippen LogP contribution in [0.15, 0.2) is 54.9 Å². The number of hydrogen-bond donors (Lipinski definition) is 1. The smallest absolute Gasteiger partial charge is 0.180 e. The molecule has 0 aliphatic heterocycles. The summed E-state index contributed by atoms with van der Waals surface area (Å²) in [6.07, 6.45) is 3.28. The Kier molecular flexibility index (Phi) is 4.02. The Morgan fingerprint density at radius 1 is 0.952 bits per heavy atom. The number of nitrogens with zero attached hydrogens (tertiary/aromatic N) is 4. The monoisotopic (exact) mass is 280 g/mol. The molecule has 1 N–H and O–H groups in total. The highest BCUT2D eigenvalue weighted by atomic mass is 16.3. The van der Waals surface area contributed by atoms with E-state index in [9.17, 15) is 5.11 Å². The van der Waals surface area contributed by atoms with Crippen molar-refractivity contribution in [2.75, 3.05) is 18.1 Å². The van der Waals surface area contributed by atoms with Gasteiger partial charge in [-0.25, -0.2) is 9.97 Å². The van der Waals surface area contributed by atoms with E-state index in [1.54, 1.807) is 12.4 Å². The van der Waals surface area contributed by atoms with Crippen molar-refractivity contribution in [2.24, 2.45) is 0 Å². The van der Waals surface area contributed by atoms with E-state index in [1.165, 1.54) is 5.56 Å². The highest BCUT2D eigenvalue weighted by Gasteiger charge is 2.09. The topological polar surface area (TPSA) is 62.1 Å². The first-order chi connectivity index (χ1) is 10.4. The zero-order chi connectivity index (χ0) is 14.5. The molecule has 3 aromatic rings. The van der Waals surface area contributed by atoms with Crippen LogP contribution in [-0.2, 0) is 6.54 Å². The minimum absolute atomic E-state index is 0.0764. The molecule has 0 aliphatic carbocycles. The fourth-order valence-corrected chi connectivity index (χ4v) is 2.22. The van der Waals surface area contributed by atoms with Gasteiger partial charge in [-0.3, -0.25) is 4.98 Å². The average molecular weight is 280 g/mol. The van der Waals surface area contributed by atoms with Crippen molar-refractivity contribution >= 4 is 17.0 Å². The summed E-state index contributed by atoms with van der Waals surface area (Å²) in [4.78, 5) is 15.0. The number of aliphatic hydroxyl groups excluding tert-OH is 1. The van der Waals surface area contributed by atoms with Crippen molar-refractivity contribution in [1.29, 1.82) is 0 Å². The van der Waals surface area contributed by atoms with Crippen LogP contribution in [0.1, 0.15) is 5.56 Å². The first-order valence-corrected chi connectivity index (χ1v) is 6.84. The van der Waals surface area contributed by atoms with Crippen molar-refractivity contribution in [3.63, 3.8) is 0 Å². The lowest BCUT2D eigenvalue weighted by Crippen LogP contribution is -2.27. The minimum atomic E-state index is 0.0764. The molecule has 0 atom stereocenters. The maximum Gasteiger partial charge on any atom is 0.180 e. The van der Waals surface area contributed by atoms with Crippen LogP contribution in [0.2, 0.25) is 0 Å². The Labute approximate surface area is 122 Å². The number of fused-ring (bicyclic) bond motifs is 1. The van der Waals surface area contributed by atoms with Crippen LogP contribution in [0, 0.1) is 0 Å². The van der Waals surface area contributed by atoms with E-state index >= 15 is 0 Å². The van der Waals surface area contributed by atoms with E-state index in [0.717, 1.165) is 11.3 Å². The molecule has 0 radical (unpaired) electrons. The molecule has 3 rings (SSSR count). The summed E-state index contributed by atoms with van der Waals surface area (Å²) in [7, 11) is 0. The van der Waals surface area contributed by atoms with E-state index in [4.69, 9.17) is 0 Å². The normalized spacial score (nSPS) is 10.7. The number of anilines is 1. The van der Waals surface area contributed by atoms with E-state index in [0.29, 0.717) is 18.7 Å². The van der Waals surface area contributed by atoms with Crippen molar-refractivity contribution < 1.29 is 5.11 Å². The molecule has 0 spiro atoms. The van der Waals surface area contributed by atoms with Gasteiger partial charge in [0.25, 0.3) is 0 Å². The second-order valence-corrected chi connectivity index (χ2v) is 4.70. The molecule has 1 aromatic carbocycles. The minimum Gasteiger partial charge on any atom is -0.395 e. The molecule has 0 bridgehead atoms. The van der Waals surface area contributed by atoms with Gasteiger partial charge in [-0.1, -0.05) is 30.3 Å². The van der Waals surface area contributed by atoms with Crippen LogP contribution in [0.25, 0.3) is 11.2 Å². The van der Waals surface area contributed by atoms with Crippen molar-refractivity contribution in [3.8, 4) is 0 Å². The summed E-state index contributed by atoms with van der Waals surface area (Å²) >= 11 is 0. The fourth-order valence-electron chi connectivity index (χ4n) is 2.22. The number of aliphatic hydroxyl groups is 1. The highest BCUT2D eigenvalue weighted by Crippen LogP contribution is 2.17. The number of rotatable bonds is 5. The van der Waals surface area contributed by atoms with Gasteiger partial charge in [-0.15, -0.1) is 0 Å². The van der Waals surface area contributed by atoms with E-state index in [2.05, 4.69) is 27.1 Å². The third-order valence-corrected chi connectivity index (χ3v) is 3.23. The Morgan fingerprint density at radius 3 is 2.57 bits per heavy atom. The molecule has 0 saturated heterocycles. The lowest BCUT2D eigenvalue weighted by molar-refractivity contribution is 0.301. The Balaban J connectivity index is 1.91. The van der Waals surface area contributed by atoms with Crippen molar-refractivity contribution in [3.05, 3.63) is 60.4 Å². The van der Waals surface area contributed by atoms with Gasteiger partial charge in [0.2, 0.25) is 0 Å². The lowest BCUT2D eigenvalue weighted by atomic mass is 10.2. The molecular weight excluding hydrogens is 264 g/mol. The first kappa shape index (κ1) is 13.5. The van der Waals surface area contributed by atoms with Crippen LogP contribution in [0.5, 0.6) is 0 Å². The second-order valence-electron chi connectivity index (χ2n) is 4.70. The van der Waals surface area contributed by atoms with Gasteiger partial charge < -0.3 is 10.0 Å². The largest absolute Gasteiger partial charge is 0.395 e. The number of pyridine rings is 1. The molecule has 0 aliphatic rings. The standard InChI is InChI=1S/C16H16N4O/c21-11-10-20(12-13-4-2-1-3-5-13)15-7-6-14-16(19-15)18-9-8-17-14/h1-9,21H,10-12H2. The molecule has 0 amide bonds. The van der Waals surface area contributed by atoms with Gasteiger partial charge in [0.15, 0.2) is 5.65 Å². The van der Waals surface area contributed by atoms with Crippen molar-refractivity contribution in [1.82, 2.24) is 15.0 Å². The summed E-state index contributed by atoms with van der Waals surface area (Å²) in [5.41, 5.74) is 2.56. The van der Waals surface area contributed by atoms with Gasteiger partial charge in [-0.05, 0) is 17.7 Å². The first-order valence-electron chi connectivity index (χ1n) is 6.84. The molecule has 0 fully saturated rings. The van der Waals surface area contributed by atoms with E-state index in [1.807, 2.05) is 35.2 Å². The van der Waals surface area contributed by atoms with Crippen LogP contribution in [0.3, 0.4) is 0 Å². The summed E-state index contributed by atoms with van der Waals surface area (Å²) in [5, 5.41) is 9.29. The third-order valence-electron chi connectivity index (χ3n) is 3.23. The summed E-state index contributed by atoms with van der Waals surface area (Å²) < 4.78 is 0. The molecule has 106 valence electrons. The SMILES string of the molecule is OCCN(Cc1ccccc1)c1ccc2nccnc2n1. The molecule has 0 unspecified atom stereocenters. The predicted molar refractivity (Wildman–Crippen MR) is 81.9 cm³/mol. The molecule has 2 heterocycles. The van der Waals surface area contributed by atoms with E-state index < -0.39 is 0 Å². The van der Waals surface area contributed by atoms with Crippen LogP contribution in [0.4, 0.5) is 5.82 Å². The summed E-state index contributed by atoms with van der Waals surface area (Å²) in [6.45, 7) is 1.29. The molecule has 5 heteroatoms. The summed E-state index contributed by atoms with van der Waals surface area (Å²) in [5.74, 6) is 0.793. The number of benzene rings is 1. The summed E-state index contributed by atoms with van der Waals surface area (Å²) in [6, 6.07) is 13.9. The average Bonchev–Trinajstić information content (AvgIpc) is 2.55. The maximum absolute atomic E-state index is 9.29. The Bertz CT molecular complexity index is 718. The Morgan fingerprint density at radius 2 is 1.76 bits per heavy atom. The van der Waals surface area contributed by atoms with E-state index in [-0.39, 0.29) is 6.61 Å². The van der Waals surface area contributed by atoms with Crippen LogP contribution < -0.4 is 4.90 Å². The predicted octanol–water partition coefficient (Wildman–Crippen LogP) is 2.02. The zero-order valence-corrected chi connectivity index (χ0v) is 11.6. The van der Waals surface area contributed by atoms with Gasteiger partial charge in [-0.2, -0.15) is 0 Å². The molecular formula is C16H16N4O. The lowest BCUT2D eigenvalue weighted by Gasteiger charge is -2.23. The van der Waals surface area contributed by atoms with Gasteiger partial charge >= 0.3 is 0 Å². The quantitative estimate of drug-likeness (QED) is 0.774. The number of aromatic nitrogens is 3. The van der Waals surface area contributed by atoms with Gasteiger partial charge in [0.05, 0.1) is 6.61 Å². The maximum atomic E-state index is 9.29. The van der Waals surface area contributed by atoms with Crippen LogP contribution >= 0.6 is 0 Å². The fraction of sp³-hybridized carbons (Fsp3) is 0.188. The molecule has 2 aromatic heterocycles. The molecule has 5 nitrogen and oxygen atoms in total. The van der Waals surface area contributed by atoms with Crippen molar-refractivity contribution in [2.45, 2.75) is 6.54 Å². The van der Waals surface area contributed by atoms with Crippen LogP contribution in [-0.4, -0.2) is 33.2 Å². The second kappa shape index (κ2) is 6.28. The Hall–Kier alpha value is -2.53. The third kappa shape index (κ3) is 3.14. The van der Waals surface area contributed by atoms with Gasteiger partial charge in [0, 0.05) is 25.5 Å². The molecule has 21 heavy (non-hydrogen) atoms. The van der Waals surface area contributed by atoms with Gasteiger partial charge in [0.1, 0.15) is 11.3 Å².